The van der Waals surface area contributed by atoms with Crippen molar-refractivity contribution in [3.8, 4) is 0 Å². The van der Waals surface area contributed by atoms with Gasteiger partial charge in [-0.25, -0.2) is 10.1 Å². The number of halogens is 1. The molecule has 10 heteroatoms. The number of carbonyl (C=O) groups excluding carboxylic acids is 2. The third kappa shape index (κ3) is 3.61. The van der Waals surface area contributed by atoms with Gasteiger partial charge in [0.1, 0.15) is 16.8 Å². The number of nitrogens with one attached hydrogen (secondary N) is 1. The second kappa shape index (κ2) is 7.05. The molecule has 0 radical (unpaired) electrons. The van der Waals surface area contributed by atoms with E-state index in [9.17, 15) is 24.6 Å². The highest BCUT2D eigenvalue weighted by atomic mass is 79.9. The van der Waals surface area contributed by atoms with Gasteiger partial charge >= 0.3 is 12.0 Å². The first-order valence-electron chi connectivity index (χ1n) is 7.08. The summed E-state index contributed by atoms with van der Waals surface area (Å²) in [6.07, 6.45) is -1.13. The van der Waals surface area contributed by atoms with Crippen molar-refractivity contribution in [3.63, 3.8) is 0 Å². The Hall–Kier alpha value is -1.33. The highest BCUT2D eigenvalue weighted by Gasteiger charge is 2.53. The van der Waals surface area contributed by atoms with Gasteiger partial charge in [-0.05, 0) is 15.9 Å². The van der Waals surface area contributed by atoms with E-state index in [2.05, 4.69) is 21.2 Å². The molecule has 4 N–H and O–H groups in total. The Morgan fingerprint density at radius 3 is 2.74 bits per heavy atom. The number of amides is 3. The van der Waals surface area contributed by atoms with Crippen LogP contribution in [0.25, 0.3) is 0 Å². The van der Waals surface area contributed by atoms with E-state index >= 15 is 0 Å². The highest BCUT2D eigenvalue weighted by molar-refractivity contribution is 9.12. The lowest BCUT2D eigenvalue weighted by molar-refractivity contribution is -0.852. The first kappa shape index (κ1) is 18.0. The minimum absolute atomic E-state index is 0.0794. The Morgan fingerprint density at radius 2 is 2.17 bits per heavy atom. The summed E-state index contributed by atoms with van der Waals surface area (Å²) in [6.45, 7) is -0.325. The molecule has 1 saturated heterocycles. The van der Waals surface area contributed by atoms with Crippen molar-refractivity contribution in [2.45, 2.75) is 37.7 Å². The van der Waals surface area contributed by atoms with E-state index in [1.54, 1.807) is 0 Å². The van der Waals surface area contributed by atoms with E-state index in [4.69, 9.17) is 9.84 Å². The van der Waals surface area contributed by atoms with Crippen molar-refractivity contribution < 1.29 is 38.9 Å². The third-order valence-electron chi connectivity index (χ3n) is 3.98. The number of carboxylic acid groups (broad SMARTS) is 1. The van der Waals surface area contributed by atoms with Crippen molar-refractivity contribution in [1.29, 1.82) is 0 Å². The molecule has 0 aromatic rings. The Balaban J connectivity index is 2.30. The van der Waals surface area contributed by atoms with E-state index in [0.29, 0.717) is 0 Å². The number of imide groups is 1. The standard InChI is InChI=1S/C13H17BrN2O7/c14-7-5-16(3-1-2-11(19)20,13(22)15-12(7)21)10-4-8(18)9(6-17)23-10/h5,8-10,17-18H,1-4,6H2,(H-,15,19,20,21,22)/p+1/t8-,9+,10+,16?/m0/s1. The second-order valence-corrected chi connectivity index (χ2v) is 6.36. The van der Waals surface area contributed by atoms with E-state index in [1.165, 1.54) is 6.20 Å². The summed E-state index contributed by atoms with van der Waals surface area (Å²) in [6, 6.07) is -0.653. The summed E-state index contributed by atoms with van der Waals surface area (Å²) in [5.74, 6) is -1.60. The Morgan fingerprint density at radius 1 is 1.48 bits per heavy atom. The topological polar surface area (TPSA) is 133 Å². The molecule has 2 aliphatic rings. The molecule has 23 heavy (non-hydrogen) atoms. The molecule has 1 unspecified atom stereocenters. The molecule has 0 aliphatic carbocycles. The fourth-order valence-electron chi connectivity index (χ4n) is 2.76. The van der Waals surface area contributed by atoms with E-state index < -0.39 is 47.4 Å². The highest BCUT2D eigenvalue weighted by Crippen LogP contribution is 2.33. The number of hydrogen-bond donors (Lipinski definition) is 4. The van der Waals surface area contributed by atoms with Crippen LogP contribution in [-0.4, -0.2) is 69.3 Å². The van der Waals surface area contributed by atoms with Gasteiger partial charge in [0, 0.05) is 6.42 Å². The van der Waals surface area contributed by atoms with Crippen LogP contribution < -0.4 is 5.32 Å². The molecule has 0 spiro atoms. The molecule has 4 atom stereocenters. The number of aliphatic hydroxyl groups excluding tert-OH is 2. The predicted molar refractivity (Wildman–Crippen MR) is 78.9 cm³/mol. The van der Waals surface area contributed by atoms with Gasteiger partial charge in [0.25, 0.3) is 5.91 Å². The third-order valence-corrected chi connectivity index (χ3v) is 4.54. The number of carboxylic acids is 1. The lowest BCUT2D eigenvalue weighted by atomic mass is 10.1. The van der Waals surface area contributed by atoms with Gasteiger partial charge in [-0.2, -0.15) is 4.48 Å². The first-order chi connectivity index (χ1) is 10.8. The van der Waals surface area contributed by atoms with Crippen molar-refractivity contribution in [2.75, 3.05) is 13.2 Å². The van der Waals surface area contributed by atoms with E-state index in [1.807, 2.05) is 0 Å². The lowest BCUT2D eigenvalue weighted by Crippen LogP contribution is -2.63. The number of aliphatic carboxylic acids is 1. The molecule has 128 valence electrons. The number of aliphatic hydroxyl groups is 2. The molecule has 2 heterocycles. The second-order valence-electron chi connectivity index (χ2n) is 5.50. The van der Waals surface area contributed by atoms with Crippen molar-refractivity contribution in [2.24, 2.45) is 0 Å². The van der Waals surface area contributed by atoms with Crippen LogP contribution in [0.1, 0.15) is 19.3 Å². The Labute approximate surface area is 140 Å². The van der Waals surface area contributed by atoms with Crippen LogP contribution in [0.3, 0.4) is 0 Å². The molecule has 0 saturated carbocycles. The largest absolute Gasteiger partial charge is 0.481 e. The average molecular weight is 394 g/mol. The number of ether oxygens (including phenoxy) is 1. The van der Waals surface area contributed by atoms with Gasteiger partial charge in [-0.1, -0.05) is 0 Å². The van der Waals surface area contributed by atoms with Crippen LogP contribution in [0, 0.1) is 0 Å². The molecule has 0 bridgehead atoms. The molecular formula is C13H18BrN2O7+. The fourth-order valence-corrected chi connectivity index (χ4v) is 3.23. The SMILES string of the molecule is O=C(O)CCC[N+]1([C@H]2C[C@H](O)[C@@H](CO)O2)C=C(Br)C(=O)NC1=O. The van der Waals surface area contributed by atoms with Crippen LogP contribution in [0.5, 0.6) is 0 Å². The Kier molecular flexibility index (Phi) is 5.53. The number of quaternary nitrogens is 1. The smallest absolute Gasteiger partial charge is 0.430 e. The number of carbonyl (C=O) groups is 3. The zero-order chi connectivity index (χ0) is 17.2. The molecule has 2 rings (SSSR count). The zero-order valence-corrected chi connectivity index (χ0v) is 13.7. The summed E-state index contributed by atoms with van der Waals surface area (Å²) >= 11 is 3.07. The minimum atomic E-state index is -1.000. The van der Waals surface area contributed by atoms with Gasteiger partial charge < -0.3 is 20.1 Å². The minimum Gasteiger partial charge on any atom is -0.481 e. The summed E-state index contributed by atoms with van der Waals surface area (Å²) in [7, 11) is 0. The first-order valence-corrected chi connectivity index (χ1v) is 7.87. The van der Waals surface area contributed by atoms with Crippen LogP contribution in [0.2, 0.25) is 0 Å². The van der Waals surface area contributed by atoms with Gasteiger partial charge in [0.05, 0.1) is 32.1 Å². The average Bonchev–Trinajstić information content (AvgIpc) is 2.85. The molecule has 2 aliphatic heterocycles. The summed E-state index contributed by atoms with van der Waals surface area (Å²) in [5, 5.41) is 30.1. The number of nitrogens with zero attached hydrogens (tertiary/aromatic N) is 1. The molecule has 3 amide bonds. The molecule has 1 fully saturated rings. The van der Waals surface area contributed by atoms with Gasteiger partial charge in [0.15, 0.2) is 0 Å². The van der Waals surface area contributed by atoms with Crippen LogP contribution >= 0.6 is 15.9 Å². The lowest BCUT2D eigenvalue weighted by Gasteiger charge is -2.38. The summed E-state index contributed by atoms with van der Waals surface area (Å²) in [4.78, 5) is 34.8. The summed E-state index contributed by atoms with van der Waals surface area (Å²) < 4.78 is 5.22. The van der Waals surface area contributed by atoms with E-state index in [-0.39, 0.29) is 30.3 Å². The van der Waals surface area contributed by atoms with Gasteiger partial charge in [-0.15, -0.1) is 0 Å². The predicted octanol–water partition coefficient (Wildman–Crippen LogP) is -0.378. The monoisotopic (exact) mass is 393 g/mol. The maximum absolute atomic E-state index is 12.4. The quantitative estimate of drug-likeness (QED) is 0.452. The normalized spacial score (nSPS) is 34.2. The summed E-state index contributed by atoms with van der Waals surface area (Å²) in [5.41, 5.74) is 0. The van der Waals surface area contributed by atoms with Crippen LogP contribution in [0.4, 0.5) is 4.79 Å². The maximum Gasteiger partial charge on any atom is 0.430 e. The van der Waals surface area contributed by atoms with Crippen molar-refractivity contribution in [3.05, 3.63) is 10.7 Å². The molecule has 9 nitrogen and oxygen atoms in total. The zero-order valence-electron chi connectivity index (χ0n) is 12.1. The Bertz CT molecular complexity index is 552. The molecular weight excluding hydrogens is 376 g/mol. The number of urea groups is 1. The van der Waals surface area contributed by atoms with Crippen molar-refractivity contribution in [1.82, 2.24) is 5.32 Å². The van der Waals surface area contributed by atoms with Crippen LogP contribution in [0.15, 0.2) is 10.7 Å². The van der Waals surface area contributed by atoms with Gasteiger partial charge in [0.2, 0.25) is 6.23 Å². The number of rotatable bonds is 6. The number of hydrogen-bond acceptors (Lipinski definition) is 6. The van der Waals surface area contributed by atoms with Crippen molar-refractivity contribution >= 4 is 33.8 Å². The maximum atomic E-state index is 12.4. The van der Waals surface area contributed by atoms with Crippen LogP contribution in [-0.2, 0) is 14.3 Å². The van der Waals surface area contributed by atoms with E-state index in [0.717, 1.165) is 0 Å². The fraction of sp³-hybridized carbons (Fsp3) is 0.615. The van der Waals surface area contributed by atoms with Gasteiger partial charge in [-0.3, -0.25) is 9.59 Å². The molecule has 0 aromatic heterocycles. The molecule has 0 aromatic carbocycles.